The number of nitrogens with one attached hydrogen (secondary N) is 1. The van der Waals surface area contributed by atoms with Crippen molar-refractivity contribution >= 4 is 0 Å². The Morgan fingerprint density at radius 2 is 1.94 bits per heavy atom. The molecule has 16 heavy (non-hydrogen) atoms. The molecule has 2 saturated heterocycles. The van der Waals surface area contributed by atoms with E-state index < -0.39 is 0 Å². The standard InChI is InChI=1S/C14H28N2/c1-12-5-9-16(10-6-12)11-13-14(2,3)7-4-8-15-13/h12-13,15H,4-11H2,1-3H3. The highest BCUT2D eigenvalue weighted by Crippen LogP contribution is 2.31. The van der Waals surface area contributed by atoms with E-state index in [-0.39, 0.29) is 0 Å². The second-order valence-corrected chi connectivity index (χ2v) is 6.58. The summed E-state index contributed by atoms with van der Waals surface area (Å²) in [5, 5.41) is 3.73. The first-order chi connectivity index (χ1) is 7.58. The van der Waals surface area contributed by atoms with E-state index in [0.29, 0.717) is 11.5 Å². The monoisotopic (exact) mass is 224 g/mol. The minimum atomic E-state index is 0.487. The van der Waals surface area contributed by atoms with Gasteiger partial charge in [-0.05, 0) is 56.7 Å². The normalized spacial score (nSPS) is 32.8. The van der Waals surface area contributed by atoms with Crippen LogP contribution in [0, 0.1) is 11.3 Å². The molecule has 0 aromatic carbocycles. The van der Waals surface area contributed by atoms with E-state index in [1.807, 2.05) is 0 Å². The molecule has 2 nitrogen and oxygen atoms in total. The van der Waals surface area contributed by atoms with Crippen LogP contribution in [0.1, 0.15) is 46.5 Å². The molecule has 2 aliphatic rings. The molecule has 1 atom stereocenters. The second-order valence-electron chi connectivity index (χ2n) is 6.58. The summed E-state index contributed by atoms with van der Waals surface area (Å²) >= 11 is 0. The Labute approximate surface area is 101 Å². The second kappa shape index (κ2) is 5.05. The van der Waals surface area contributed by atoms with Gasteiger partial charge < -0.3 is 10.2 Å². The van der Waals surface area contributed by atoms with Crippen LogP contribution in [0.5, 0.6) is 0 Å². The predicted molar refractivity (Wildman–Crippen MR) is 69.6 cm³/mol. The van der Waals surface area contributed by atoms with Crippen LogP contribution in [0.2, 0.25) is 0 Å². The SMILES string of the molecule is CC1CCN(CC2NCCCC2(C)C)CC1. The molecule has 0 aromatic heterocycles. The largest absolute Gasteiger partial charge is 0.312 e. The lowest BCUT2D eigenvalue weighted by Gasteiger charge is -2.43. The van der Waals surface area contributed by atoms with Gasteiger partial charge in [-0.1, -0.05) is 20.8 Å². The van der Waals surface area contributed by atoms with Crippen LogP contribution in [-0.2, 0) is 0 Å². The van der Waals surface area contributed by atoms with Crippen molar-refractivity contribution in [1.82, 2.24) is 10.2 Å². The summed E-state index contributed by atoms with van der Waals surface area (Å²) in [6, 6.07) is 0.703. The number of likely N-dealkylation sites (tertiary alicyclic amines) is 1. The number of nitrogens with zero attached hydrogens (tertiary/aromatic N) is 1. The molecule has 2 rings (SSSR count). The Bertz CT molecular complexity index is 217. The zero-order chi connectivity index (χ0) is 11.6. The number of rotatable bonds is 2. The maximum atomic E-state index is 3.73. The average Bonchev–Trinajstić information content (AvgIpc) is 2.24. The molecule has 0 aromatic rings. The topological polar surface area (TPSA) is 15.3 Å². The molecule has 1 unspecified atom stereocenters. The molecule has 0 amide bonds. The minimum absolute atomic E-state index is 0.487. The van der Waals surface area contributed by atoms with Gasteiger partial charge >= 0.3 is 0 Å². The Morgan fingerprint density at radius 1 is 1.25 bits per heavy atom. The Kier molecular flexibility index (Phi) is 3.91. The Morgan fingerprint density at radius 3 is 2.56 bits per heavy atom. The smallest absolute Gasteiger partial charge is 0.0246 e. The third-order valence-corrected chi connectivity index (χ3v) is 4.65. The maximum absolute atomic E-state index is 3.73. The van der Waals surface area contributed by atoms with Crippen molar-refractivity contribution < 1.29 is 0 Å². The van der Waals surface area contributed by atoms with Gasteiger partial charge in [-0.15, -0.1) is 0 Å². The molecule has 0 saturated carbocycles. The van der Waals surface area contributed by atoms with Gasteiger partial charge in [0, 0.05) is 12.6 Å². The van der Waals surface area contributed by atoms with E-state index in [4.69, 9.17) is 0 Å². The lowest BCUT2D eigenvalue weighted by atomic mass is 9.77. The summed E-state index contributed by atoms with van der Waals surface area (Å²) in [4.78, 5) is 2.67. The van der Waals surface area contributed by atoms with Crippen molar-refractivity contribution in [3.63, 3.8) is 0 Å². The van der Waals surface area contributed by atoms with Crippen LogP contribution < -0.4 is 5.32 Å². The zero-order valence-electron chi connectivity index (χ0n) is 11.3. The first-order valence-corrected chi connectivity index (χ1v) is 7.04. The van der Waals surface area contributed by atoms with Gasteiger partial charge in [0.2, 0.25) is 0 Å². The summed E-state index contributed by atoms with van der Waals surface area (Å²) in [5.41, 5.74) is 0.487. The molecule has 0 radical (unpaired) electrons. The molecule has 2 heteroatoms. The first-order valence-electron chi connectivity index (χ1n) is 7.04. The van der Waals surface area contributed by atoms with Gasteiger partial charge in [-0.2, -0.15) is 0 Å². The minimum Gasteiger partial charge on any atom is -0.312 e. The zero-order valence-corrected chi connectivity index (χ0v) is 11.3. The molecule has 0 aliphatic carbocycles. The van der Waals surface area contributed by atoms with Crippen LogP contribution in [0.3, 0.4) is 0 Å². The van der Waals surface area contributed by atoms with E-state index in [1.54, 1.807) is 0 Å². The fourth-order valence-electron chi connectivity index (χ4n) is 3.09. The van der Waals surface area contributed by atoms with Crippen LogP contribution in [0.15, 0.2) is 0 Å². The van der Waals surface area contributed by atoms with Gasteiger partial charge in [0.15, 0.2) is 0 Å². The lowest BCUT2D eigenvalue weighted by molar-refractivity contribution is 0.105. The molecular formula is C14H28N2. The van der Waals surface area contributed by atoms with E-state index >= 15 is 0 Å². The van der Waals surface area contributed by atoms with Crippen molar-refractivity contribution in [1.29, 1.82) is 0 Å². The average molecular weight is 224 g/mol. The first kappa shape index (κ1) is 12.4. The van der Waals surface area contributed by atoms with Crippen LogP contribution in [0.25, 0.3) is 0 Å². The third kappa shape index (κ3) is 2.98. The van der Waals surface area contributed by atoms with Crippen molar-refractivity contribution in [3.8, 4) is 0 Å². The summed E-state index contributed by atoms with van der Waals surface area (Å²) in [7, 11) is 0. The van der Waals surface area contributed by atoms with E-state index in [0.717, 1.165) is 5.92 Å². The number of piperidine rings is 2. The summed E-state index contributed by atoms with van der Waals surface area (Å²) in [6.07, 6.45) is 5.52. The van der Waals surface area contributed by atoms with Crippen molar-refractivity contribution in [3.05, 3.63) is 0 Å². The Hall–Kier alpha value is -0.0800. The van der Waals surface area contributed by atoms with Crippen molar-refractivity contribution in [2.24, 2.45) is 11.3 Å². The quantitative estimate of drug-likeness (QED) is 0.775. The highest BCUT2D eigenvalue weighted by atomic mass is 15.2. The van der Waals surface area contributed by atoms with Crippen LogP contribution in [0.4, 0.5) is 0 Å². The van der Waals surface area contributed by atoms with E-state index in [9.17, 15) is 0 Å². The predicted octanol–water partition coefficient (Wildman–Crippen LogP) is 2.50. The molecule has 0 bridgehead atoms. The van der Waals surface area contributed by atoms with Crippen molar-refractivity contribution in [2.75, 3.05) is 26.2 Å². The summed E-state index contributed by atoms with van der Waals surface area (Å²) in [5.74, 6) is 0.948. The van der Waals surface area contributed by atoms with E-state index in [1.165, 1.54) is 51.9 Å². The highest BCUT2D eigenvalue weighted by molar-refractivity contribution is 4.90. The lowest BCUT2D eigenvalue weighted by Crippen LogP contribution is -2.53. The molecule has 0 spiro atoms. The molecule has 2 heterocycles. The Balaban J connectivity index is 1.84. The van der Waals surface area contributed by atoms with Gasteiger partial charge in [0.25, 0.3) is 0 Å². The number of hydrogen-bond acceptors (Lipinski definition) is 2. The molecule has 2 fully saturated rings. The van der Waals surface area contributed by atoms with Crippen LogP contribution in [-0.4, -0.2) is 37.1 Å². The summed E-state index contributed by atoms with van der Waals surface area (Å²) in [6.45, 7) is 12.4. The molecule has 94 valence electrons. The maximum Gasteiger partial charge on any atom is 0.0246 e. The van der Waals surface area contributed by atoms with Gasteiger partial charge in [-0.3, -0.25) is 0 Å². The van der Waals surface area contributed by atoms with Crippen LogP contribution >= 0.6 is 0 Å². The van der Waals surface area contributed by atoms with Crippen molar-refractivity contribution in [2.45, 2.75) is 52.5 Å². The fourth-order valence-corrected chi connectivity index (χ4v) is 3.09. The fraction of sp³-hybridized carbons (Fsp3) is 1.00. The van der Waals surface area contributed by atoms with Gasteiger partial charge in [0.05, 0.1) is 0 Å². The van der Waals surface area contributed by atoms with E-state index in [2.05, 4.69) is 31.0 Å². The molecule has 1 N–H and O–H groups in total. The summed E-state index contributed by atoms with van der Waals surface area (Å²) < 4.78 is 0. The van der Waals surface area contributed by atoms with Gasteiger partial charge in [0.1, 0.15) is 0 Å². The van der Waals surface area contributed by atoms with Gasteiger partial charge in [-0.25, -0.2) is 0 Å². The molecular weight excluding hydrogens is 196 g/mol. The highest BCUT2D eigenvalue weighted by Gasteiger charge is 2.33. The molecule has 2 aliphatic heterocycles. The third-order valence-electron chi connectivity index (χ3n) is 4.65. The number of hydrogen-bond donors (Lipinski definition) is 1.